The molecule has 0 saturated heterocycles. The number of fused-ring (bicyclic) bond motifs is 1. The van der Waals surface area contributed by atoms with Crippen molar-refractivity contribution in [2.45, 2.75) is 56.6 Å². The molecular formula is C26H31ClN10O8. The van der Waals surface area contributed by atoms with Crippen LogP contribution in [0.1, 0.15) is 42.6 Å². The summed E-state index contributed by atoms with van der Waals surface area (Å²) >= 11 is 6.11. The molecule has 8 N–H and O–H groups in total. The summed E-state index contributed by atoms with van der Waals surface area (Å²) in [4.78, 5) is 36.4. The summed E-state index contributed by atoms with van der Waals surface area (Å²) in [5.41, 5.74) is 7.85. The zero-order valence-electron chi connectivity index (χ0n) is 24.1. The summed E-state index contributed by atoms with van der Waals surface area (Å²) in [7, 11) is 1.80. The number of amides is 1. The van der Waals surface area contributed by atoms with Crippen LogP contribution in [0.3, 0.4) is 0 Å². The van der Waals surface area contributed by atoms with Crippen molar-refractivity contribution in [3.63, 3.8) is 0 Å². The summed E-state index contributed by atoms with van der Waals surface area (Å²) in [5.74, 6) is -5.77. The highest BCUT2D eigenvalue weighted by molar-refractivity contribution is 6.42. The molecule has 3 aromatic rings. The molecule has 0 atom stereocenters. The second kappa shape index (κ2) is 12.5. The van der Waals surface area contributed by atoms with E-state index in [1.807, 2.05) is 6.92 Å². The lowest BCUT2D eigenvalue weighted by atomic mass is 9.90. The first-order chi connectivity index (χ1) is 21.2. The molecule has 1 saturated carbocycles. The van der Waals surface area contributed by atoms with Crippen LogP contribution < -0.4 is 16.0 Å². The summed E-state index contributed by atoms with van der Waals surface area (Å²) in [6, 6.07) is -0.601. The van der Waals surface area contributed by atoms with Crippen LogP contribution in [0.25, 0.3) is 17.0 Å². The molecule has 0 radical (unpaired) electrons. The number of aryl methyl sites for hydroxylation is 1. The lowest BCUT2D eigenvalue weighted by molar-refractivity contribution is -0.351. The molecule has 0 aromatic carbocycles. The van der Waals surface area contributed by atoms with Crippen molar-refractivity contribution >= 4 is 41.4 Å². The second-order valence-corrected chi connectivity index (χ2v) is 10.9. The number of oxime groups is 1. The molecule has 19 heteroatoms. The number of anilines is 2. The molecule has 4 heterocycles. The lowest BCUT2D eigenvalue weighted by Crippen LogP contribution is -2.46. The number of aromatic nitrogens is 6. The predicted octanol–water partition coefficient (Wildman–Crippen LogP) is -0.0505. The van der Waals surface area contributed by atoms with Gasteiger partial charge in [0.05, 0.1) is 41.2 Å². The van der Waals surface area contributed by atoms with Gasteiger partial charge in [0.15, 0.2) is 12.4 Å². The first-order valence-corrected chi connectivity index (χ1v) is 14.0. The molecule has 45 heavy (non-hydrogen) atoms. The highest BCUT2D eigenvalue weighted by Gasteiger charge is 2.37. The molecule has 2 aliphatic rings. The molecule has 0 spiro atoms. The average Bonchev–Trinajstić information content (AvgIpc) is 3.33. The summed E-state index contributed by atoms with van der Waals surface area (Å²) in [6.45, 7) is 0.796. The number of nitrogens with zero attached hydrogens (tertiary/aromatic N) is 8. The normalized spacial score (nSPS) is 19.6. The molecule has 240 valence electrons. The van der Waals surface area contributed by atoms with E-state index < -0.39 is 30.7 Å². The van der Waals surface area contributed by atoms with Gasteiger partial charge in [-0.2, -0.15) is 5.10 Å². The predicted molar refractivity (Wildman–Crippen MR) is 157 cm³/mol. The van der Waals surface area contributed by atoms with Gasteiger partial charge in [-0.15, -0.1) is 0 Å². The van der Waals surface area contributed by atoms with Crippen LogP contribution in [-0.4, -0.2) is 92.2 Å². The fourth-order valence-corrected chi connectivity index (χ4v) is 5.06. The number of nitrogens with two attached hydrogens (primary N) is 1. The minimum atomic E-state index is -3.21. The minimum absolute atomic E-state index is 0.0311. The third-order valence-electron chi connectivity index (χ3n) is 7.38. The monoisotopic (exact) mass is 646 g/mol. The fraction of sp³-hybridized carbons (Fsp3) is 0.423. The van der Waals surface area contributed by atoms with Crippen LogP contribution in [0.5, 0.6) is 0 Å². The number of halogens is 1. The molecule has 18 nitrogen and oxygen atoms in total. The Hall–Kier alpha value is -4.46. The number of ether oxygens (including phenoxy) is 1. The average molecular weight is 647 g/mol. The van der Waals surface area contributed by atoms with E-state index in [4.69, 9.17) is 22.1 Å². The minimum Gasteiger partial charge on any atom is -0.440 e. The van der Waals surface area contributed by atoms with Crippen LogP contribution in [0.2, 0.25) is 0 Å². The van der Waals surface area contributed by atoms with Crippen LogP contribution in [-0.2, 0) is 22.6 Å². The van der Waals surface area contributed by atoms with E-state index in [0.29, 0.717) is 31.4 Å². The molecule has 1 fully saturated rings. The van der Waals surface area contributed by atoms with Gasteiger partial charge in [0.2, 0.25) is 5.95 Å². The number of carbonyl (C=O) groups excluding carboxylic acids is 1. The number of rotatable bonds is 7. The van der Waals surface area contributed by atoms with Crippen molar-refractivity contribution in [3.05, 3.63) is 46.8 Å². The van der Waals surface area contributed by atoms with Crippen LogP contribution in [0.4, 0.5) is 16.6 Å². The fourth-order valence-electron chi connectivity index (χ4n) is 4.93. The zero-order valence-corrected chi connectivity index (χ0v) is 24.8. The van der Waals surface area contributed by atoms with Crippen LogP contribution >= 0.6 is 11.6 Å². The van der Waals surface area contributed by atoms with Gasteiger partial charge in [0.25, 0.3) is 0 Å². The molecule has 1 amide bonds. The van der Waals surface area contributed by atoms with Gasteiger partial charge in [-0.1, -0.05) is 16.8 Å². The van der Waals surface area contributed by atoms with Crippen molar-refractivity contribution in [2.75, 3.05) is 16.8 Å². The number of carbonyl (C=O) groups is 1. The SMILES string of the molecule is Cc1c(-c2cnc(N(C(=O)OCC(O)(O)O)C3CCC(Nc4ncc5c(n4)C(N)=C(Cl)C=NOC5(O)O)CC3)cn2)cnn1C. The number of hydrogen-bond acceptors (Lipinski definition) is 16. The Kier molecular flexibility index (Phi) is 8.88. The van der Waals surface area contributed by atoms with E-state index in [9.17, 15) is 30.3 Å². The second-order valence-electron chi connectivity index (χ2n) is 10.5. The molecule has 0 bridgehead atoms. The maximum absolute atomic E-state index is 13.1. The molecule has 1 aliphatic heterocycles. The van der Waals surface area contributed by atoms with Crippen molar-refractivity contribution in [2.24, 2.45) is 17.9 Å². The topological polar surface area (TPSA) is 260 Å². The molecule has 3 aromatic heterocycles. The molecule has 0 unspecified atom stereocenters. The largest absolute Gasteiger partial charge is 0.440 e. The van der Waals surface area contributed by atoms with E-state index >= 15 is 0 Å². The summed E-state index contributed by atoms with van der Waals surface area (Å²) < 4.78 is 6.67. The standard InChI is InChI=1S/C26H31ClN10O8/c1-13-16(7-32-36(13)2)19-10-30-20(11-29-19)37(24(38)44-12-25(39,40)41)15-5-3-14(4-6-15)34-23-31-8-17-22(35-23)21(28)18(27)9-33-45-26(17,42)43/h7-11,14-15,39-43H,3-6,12,28H2,1-2H3,(H,31,34,35). The van der Waals surface area contributed by atoms with Crippen molar-refractivity contribution in [1.29, 1.82) is 0 Å². The number of allylic oxidation sites excluding steroid dienone is 1. The van der Waals surface area contributed by atoms with E-state index in [1.165, 1.54) is 17.3 Å². The van der Waals surface area contributed by atoms with Gasteiger partial charge in [-0.25, -0.2) is 19.7 Å². The highest BCUT2D eigenvalue weighted by atomic mass is 35.5. The first kappa shape index (κ1) is 31.9. The third kappa shape index (κ3) is 7.11. The quantitative estimate of drug-likeness (QED) is 0.166. The first-order valence-electron chi connectivity index (χ1n) is 13.6. The third-order valence-corrected chi connectivity index (χ3v) is 7.68. The smallest absolute Gasteiger partial charge is 0.416 e. The number of hydrogen-bond donors (Lipinski definition) is 7. The van der Waals surface area contributed by atoms with Gasteiger partial charge >= 0.3 is 18.0 Å². The van der Waals surface area contributed by atoms with Crippen molar-refractivity contribution in [1.82, 2.24) is 29.7 Å². The van der Waals surface area contributed by atoms with Crippen molar-refractivity contribution < 1.29 is 39.9 Å². The number of nitrogens with one attached hydrogen (secondary N) is 1. The Morgan fingerprint density at radius 1 is 1.18 bits per heavy atom. The van der Waals surface area contributed by atoms with E-state index in [1.54, 1.807) is 17.9 Å². The molecule has 1 aliphatic carbocycles. The van der Waals surface area contributed by atoms with Gasteiger partial charge in [-0.05, 0) is 32.6 Å². The van der Waals surface area contributed by atoms with Crippen LogP contribution in [0.15, 0.2) is 35.0 Å². The number of aliphatic hydroxyl groups is 5. The van der Waals surface area contributed by atoms with Crippen LogP contribution in [0, 0.1) is 6.92 Å². The van der Waals surface area contributed by atoms with E-state index in [-0.39, 0.29) is 39.8 Å². The summed E-state index contributed by atoms with van der Waals surface area (Å²) in [6.07, 6.45) is 7.66. The van der Waals surface area contributed by atoms with E-state index in [0.717, 1.165) is 23.7 Å². The highest BCUT2D eigenvalue weighted by Crippen LogP contribution is 2.32. The molecular weight excluding hydrogens is 616 g/mol. The Morgan fingerprint density at radius 3 is 2.53 bits per heavy atom. The Morgan fingerprint density at radius 2 is 1.91 bits per heavy atom. The molecule has 5 rings (SSSR count). The Labute approximate surface area is 260 Å². The van der Waals surface area contributed by atoms with Gasteiger partial charge < -0.3 is 46.2 Å². The van der Waals surface area contributed by atoms with E-state index in [2.05, 4.69) is 40.3 Å². The Bertz CT molecular complexity index is 1610. The van der Waals surface area contributed by atoms with Gasteiger partial charge in [-0.3, -0.25) is 14.6 Å². The maximum Gasteiger partial charge on any atom is 0.416 e. The summed E-state index contributed by atoms with van der Waals surface area (Å²) in [5, 5.41) is 59.0. The Balaban J connectivity index is 1.32. The zero-order chi connectivity index (χ0) is 32.5. The van der Waals surface area contributed by atoms with Crippen molar-refractivity contribution in [3.8, 4) is 11.3 Å². The van der Waals surface area contributed by atoms with Gasteiger partial charge in [0.1, 0.15) is 11.3 Å². The lowest BCUT2D eigenvalue weighted by Gasteiger charge is -2.36. The maximum atomic E-state index is 13.1. The van der Waals surface area contributed by atoms with Gasteiger partial charge in [0, 0.05) is 36.6 Å².